The quantitative estimate of drug-likeness (QED) is 0.861. The van der Waals surface area contributed by atoms with Gasteiger partial charge in [0, 0.05) is 5.69 Å². The molecule has 1 unspecified atom stereocenters. The van der Waals surface area contributed by atoms with E-state index in [4.69, 9.17) is 4.74 Å². The summed E-state index contributed by atoms with van der Waals surface area (Å²) in [5, 5.41) is 2.84. The Labute approximate surface area is 129 Å². The SMILES string of the molecule is COC(=O)CC(NC(=O)c1cccc(C)n1)c1ccccc1. The molecular formula is C17H18N2O3. The summed E-state index contributed by atoms with van der Waals surface area (Å²) in [6.45, 7) is 1.82. The molecule has 1 N–H and O–H groups in total. The second-order valence-electron chi connectivity index (χ2n) is 4.88. The highest BCUT2D eigenvalue weighted by molar-refractivity contribution is 5.92. The topological polar surface area (TPSA) is 68.3 Å². The third kappa shape index (κ3) is 4.15. The monoisotopic (exact) mass is 298 g/mol. The van der Waals surface area contributed by atoms with Gasteiger partial charge in [-0.25, -0.2) is 4.98 Å². The first kappa shape index (κ1) is 15.7. The van der Waals surface area contributed by atoms with Crippen molar-refractivity contribution < 1.29 is 14.3 Å². The number of carbonyl (C=O) groups is 2. The molecule has 1 atom stereocenters. The minimum absolute atomic E-state index is 0.0675. The van der Waals surface area contributed by atoms with Gasteiger partial charge in [-0.3, -0.25) is 9.59 Å². The van der Waals surface area contributed by atoms with E-state index in [0.717, 1.165) is 11.3 Å². The van der Waals surface area contributed by atoms with Gasteiger partial charge in [-0.1, -0.05) is 36.4 Å². The molecule has 0 saturated carbocycles. The van der Waals surface area contributed by atoms with Crippen LogP contribution in [0.25, 0.3) is 0 Å². The summed E-state index contributed by atoms with van der Waals surface area (Å²) >= 11 is 0. The Hall–Kier alpha value is -2.69. The number of aromatic nitrogens is 1. The maximum Gasteiger partial charge on any atom is 0.307 e. The number of rotatable bonds is 5. The lowest BCUT2D eigenvalue weighted by atomic mass is 10.0. The van der Waals surface area contributed by atoms with E-state index in [1.165, 1.54) is 7.11 Å². The first-order valence-electron chi connectivity index (χ1n) is 6.96. The van der Waals surface area contributed by atoms with Crippen LogP contribution in [-0.2, 0) is 9.53 Å². The van der Waals surface area contributed by atoms with Crippen molar-refractivity contribution in [3.05, 3.63) is 65.5 Å². The molecule has 0 fully saturated rings. The highest BCUT2D eigenvalue weighted by Gasteiger charge is 2.20. The van der Waals surface area contributed by atoms with Gasteiger partial charge in [0.25, 0.3) is 5.91 Å². The van der Waals surface area contributed by atoms with Gasteiger partial charge in [0.15, 0.2) is 0 Å². The summed E-state index contributed by atoms with van der Waals surface area (Å²) in [5.41, 5.74) is 1.93. The average molecular weight is 298 g/mol. The Morgan fingerprint density at radius 1 is 1.14 bits per heavy atom. The standard InChI is InChI=1S/C17H18N2O3/c1-12-7-6-10-14(18-12)17(21)19-15(11-16(20)22-2)13-8-4-3-5-9-13/h3-10,15H,11H2,1-2H3,(H,19,21). The van der Waals surface area contributed by atoms with Crippen LogP contribution >= 0.6 is 0 Å². The van der Waals surface area contributed by atoms with Crippen LogP contribution in [-0.4, -0.2) is 24.0 Å². The maximum atomic E-state index is 12.3. The molecule has 0 aliphatic heterocycles. The van der Waals surface area contributed by atoms with Crippen LogP contribution in [0.3, 0.4) is 0 Å². The van der Waals surface area contributed by atoms with Crippen LogP contribution in [0.2, 0.25) is 0 Å². The molecule has 5 heteroatoms. The van der Waals surface area contributed by atoms with Crippen LogP contribution in [0, 0.1) is 6.92 Å². The zero-order valence-electron chi connectivity index (χ0n) is 12.6. The van der Waals surface area contributed by atoms with Gasteiger partial charge < -0.3 is 10.1 Å². The number of pyridine rings is 1. The Morgan fingerprint density at radius 3 is 2.50 bits per heavy atom. The Kier molecular flexibility index (Phi) is 5.25. The van der Waals surface area contributed by atoms with E-state index >= 15 is 0 Å². The molecule has 0 spiro atoms. The predicted molar refractivity (Wildman–Crippen MR) is 82.3 cm³/mol. The van der Waals surface area contributed by atoms with Crippen LogP contribution in [0.15, 0.2) is 48.5 Å². The lowest BCUT2D eigenvalue weighted by Crippen LogP contribution is -2.31. The molecule has 2 rings (SSSR count). The number of hydrogen-bond acceptors (Lipinski definition) is 4. The molecule has 1 aromatic heterocycles. The van der Waals surface area contributed by atoms with Crippen LogP contribution in [0.5, 0.6) is 0 Å². The van der Waals surface area contributed by atoms with Gasteiger partial charge >= 0.3 is 5.97 Å². The number of carbonyl (C=O) groups excluding carboxylic acids is 2. The fourth-order valence-corrected chi connectivity index (χ4v) is 2.09. The molecule has 5 nitrogen and oxygen atoms in total. The van der Waals surface area contributed by atoms with Crippen molar-refractivity contribution in [2.75, 3.05) is 7.11 Å². The third-order valence-electron chi connectivity index (χ3n) is 3.23. The minimum Gasteiger partial charge on any atom is -0.469 e. The number of nitrogens with zero attached hydrogens (tertiary/aromatic N) is 1. The second kappa shape index (κ2) is 7.36. The van der Waals surface area contributed by atoms with Gasteiger partial charge in [-0.15, -0.1) is 0 Å². The predicted octanol–water partition coefficient (Wildman–Crippen LogP) is 2.42. The van der Waals surface area contributed by atoms with Crippen molar-refractivity contribution in [1.29, 1.82) is 0 Å². The van der Waals surface area contributed by atoms with Gasteiger partial charge in [-0.2, -0.15) is 0 Å². The average Bonchev–Trinajstić information content (AvgIpc) is 2.54. The summed E-state index contributed by atoms with van der Waals surface area (Å²) in [7, 11) is 1.33. The van der Waals surface area contributed by atoms with Crippen LogP contribution in [0.4, 0.5) is 0 Å². The van der Waals surface area contributed by atoms with Gasteiger partial charge in [-0.05, 0) is 24.6 Å². The Balaban J connectivity index is 2.19. The first-order chi connectivity index (χ1) is 10.6. The number of aryl methyl sites for hydroxylation is 1. The van der Waals surface area contributed by atoms with E-state index in [9.17, 15) is 9.59 Å². The number of amides is 1. The molecule has 0 bridgehead atoms. The minimum atomic E-state index is -0.455. The number of methoxy groups -OCH3 is 1. The molecule has 1 aromatic carbocycles. The van der Waals surface area contributed by atoms with Crippen molar-refractivity contribution >= 4 is 11.9 Å². The van der Waals surface area contributed by atoms with E-state index in [-0.39, 0.29) is 18.3 Å². The van der Waals surface area contributed by atoms with E-state index < -0.39 is 6.04 Å². The zero-order chi connectivity index (χ0) is 15.9. The molecule has 1 amide bonds. The highest BCUT2D eigenvalue weighted by atomic mass is 16.5. The number of ether oxygens (including phenoxy) is 1. The highest BCUT2D eigenvalue weighted by Crippen LogP contribution is 2.17. The lowest BCUT2D eigenvalue weighted by molar-refractivity contribution is -0.141. The molecule has 2 aromatic rings. The fraction of sp³-hybridized carbons (Fsp3) is 0.235. The van der Waals surface area contributed by atoms with Crippen LogP contribution in [0.1, 0.15) is 34.2 Å². The van der Waals surface area contributed by atoms with E-state index in [2.05, 4.69) is 10.3 Å². The number of esters is 1. The van der Waals surface area contributed by atoms with Crippen molar-refractivity contribution in [3.63, 3.8) is 0 Å². The second-order valence-corrected chi connectivity index (χ2v) is 4.88. The zero-order valence-corrected chi connectivity index (χ0v) is 12.6. The smallest absolute Gasteiger partial charge is 0.307 e. The number of benzene rings is 1. The molecule has 1 heterocycles. The molecule has 0 saturated heterocycles. The van der Waals surface area contributed by atoms with Crippen molar-refractivity contribution in [2.45, 2.75) is 19.4 Å². The van der Waals surface area contributed by atoms with Gasteiger partial charge in [0.05, 0.1) is 19.6 Å². The summed E-state index contributed by atoms with van der Waals surface area (Å²) < 4.78 is 4.70. The molecule has 0 aliphatic carbocycles. The fourth-order valence-electron chi connectivity index (χ4n) is 2.09. The lowest BCUT2D eigenvalue weighted by Gasteiger charge is -2.18. The van der Waals surface area contributed by atoms with Crippen molar-refractivity contribution in [1.82, 2.24) is 10.3 Å². The van der Waals surface area contributed by atoms with Gasteiger partial charge in [0.2, 0.25) is 0 Å². The Morgan fingerprint density at radius 2 is 1.86 bits per heavy atom. The first-order valence-corrected chi connectivity index (χ1v) is 6.96. The van der Waals surface area contributed by atoms with Gasteiger partial charge in [0.1, 0.15) is 5.69 Å². The van der Waals surface area contributed by atoms with E-state index in [0.29, 0.717) is 5.69 Å². The largest absolute Gasteiger partial charge is 0.469 e. The molecule has 0 radical (unpaired) electrons. The third-order valence-corrected chi connectivity index (χ3v) is 3.23. The molecular weight excluding hydrogens is 280 g/mol. The summed E-state index contributed by atoms with van der Waals surface area (Å²) in [5.74, 6) is -0.701. The maximum absolute atomic E-state index is 12.3. The number of hydrogen-bond donors (Lipinski definition) is 1. The number of nitrogens with one attached hydrogen (secondary N) is 1. The van der Waals surface area contributed by atoms with Crippen LogP contribution < -0.4 is 5.32 Å². The van der Waals surface area contributed by atoms with E-state index in [1.807, 2.05) is 43.3 Å². The Bertz CT molecular complexity index is 656. The summed E-state index contributed by atoms with van der Waals surface area (Å²) in [6.07, 6.45) is 0.0675. The van der Waals surface area contributed by atoms with E-state index in [1.54, 1.807) is 12.1 Å². The van der Waals surface area contributed by atoms with Crippen molar-refractivity contribution in [3.8, 4) is 0 Å². The summed E-state index contributed by atoms with van der Waals surface area (Å²) in [6, 6.07) is 14.1. The summed E-state index contributed by atoms with van der Waals surface area (Å²) in [4.78, 5) is 28.1. The molecule has 114 valence electrons. The van der Waals surface area contributed by atoms with Crippen molar-refractivity contribution in [2.24, 2.45) is 0 Å². The molecule has 22 heavy (non-hydrogen) atoms. The normalized spacial score (nSPS) is 11.5. The molecule has 0 aliphatic rings.